The molecule has 1 aromatic heterocycles. The Hall–Kier alpha value is -1.55. The number of nitrogens with zero attached hydrogens (tertiary/aromatic N) is 1. The number of hydrogen-bond acceptors (Lipinski definition) is 4. The Bertz CT molecular complexity index is 551. The molecule has 0 fully saturated rings. The van der Waals surface area contributed by atoms with Crippen LogP contribution in [0.4, 0.5) is 5.69 Å². The lowest BCUT2D eigenvalue weighted by Gasteiger charge is -2.13. The average Bonchev–Trinajstić information content (AvgIpc) is 2.92. The molecule has 1 heterocycles. The van der Waals surface area contributed by atoms with Gasteiger partial charge in [-0.25, -0.2) is 4.98 Å². The summed E-state index contributed by atoms with van der Waals surface area (Å²) in [5.41, 5.74) is 2.27. The van der Waals surface area contributed by atoms with Crippen LogP contribution in [0.5, 0.6) is 5.75 Å². The molecular formula is C16H22N2OS. The predicted octanol–water partition coefficient (Wildman–Crippen LogP) is 4.41. The van der Waals surface area contributed by atoms with E-state index in [9.17, 15) is 0 Å². The first-order valence-corrected chi connectivity index (χ1v) is 7.95. The minimum Gasteiger partial charge on any atom is -0.491 e. The summed E-state index contributed by atoms with van der Waals surface area (Å²) in [5, 5.41) is 4.64. The van der Waals surface area contributed by atoms with Crippen molar-refractivity contribution in [2.24, 2.45) is 0 Å². The third kappa shape index (κ3) is 3.97. The summed E-state index contributed by atoms with van der Waals surface area (Å²) in [7, 11) is 0. The second kappa shape index (κ2) is 7.29. The molecule has 4 heteroatoms. The maximum Gasteiger partial charge on any atom is 0.142 e. The lowest BCUT2D eigenvalue weighted by atomic mass is 10.2. The molecule has 2 rings (SSSR count). The van der Waals surface area contributed by atoms with E-state index in [0.717, 1.165) is 37.4 Å². The van der Waals surface area contributed by atoms with Gasteiger partial charge in [0.25, 0.3) is 0 Å². The van der Waals surface area contributed by atoms with Crippen LogP contribution < -0.4 is 10.1 Å². The number of nitrogens with one attached hydrogen (secondary N) is 1. The van der Waals surface area contributed by atoms with Gasteiger partial charge in [0, 0.05) is 11.1 Å². The number of aromatic nitrogens is 1. The van der Waals surface area contributed by atoms with Crippen LogP contribution in [0.1, 0.15) is 35.7 Å². The maximum absolute atomic E-state index is 5.81. The molecule has 0 amide bonds. The minimum absolute atomic E-state index is 0.749. The molecule has 0 spiro atoms. The average molecular weight is 290 g/mol. The van der Waals surface area contributed by atoms with E-state index in [2.05, 4.69) is 49.3 Å². The summed E-state index contributed by atoms with van der Waals surface area (Å²) in [6.07, 6.45) is 3.97. The van der Waals surface area contributed by atoms with Gasteiger partial charge in [0.15, 0.2) is 0 Å². The van der Waals surface area contributed by atoms with Crippen LogP contribution in [0, 0.1) is 6.92 Å². The largest absolute Gasteiger partial charge is 0.491 e. The molecule has 0 aliphatic heterocycles. The third-order valence-electron chi connectivity index (χ3n) is 2.96. The van der Waals surface area contributed by atoms with Crippen molar-refractivity contribution in [2.45, 2.75) is 40.2 Å². The highest BCUT2D eigenvalue weighted by Gasteiger charge is 2.05. The highest BCUT2D eigenvalue weighted by Crippen LogP contribution is 2.27. The zero-order valence-corrected chi connectivity index (χ0v) is 13.2. The van der Waals surface area contributed by atoms with E-state index in [1.807, 2.05) is 6.20 Å². The van der Waals surface area contributed by atoms with Gasteiger partial charge >= 0.3 is 0 Å². The van der Waals surface area contributed by atoms with Gasteiger partial charge in [-0.15, -0.1) is 11.3 Å². The molecular weight excluding hydrogens is 268 g/mol. The van der Waals surface area contributed by atoms with E-state index in [0.29, 0.717) is 0 Å². The standard InChI is InChI=1S/C16H22N2OS/c1-4-8-19-15-9-12(3)6-7-14(15)17-10-13-11-18-16(5-2)20-13/h6-7,9,11,17H,4-5,8,10H2,1-3H3. The molecule has 0 radical (unpaired) electrons. The van der Waals surface area contributed by atoms with Crippen molar-refractivity contribution >= 4 is 17.0 Å². The fourth-order valence-corrected chi connectivity index (χ4v) is 2.68. The molecule has 1 aromatic carbocycles. The maximum atomic E-state index is 5.81. The third-order valence-corrected chi connectivity index (χ3v) is 4.10. The normalized spacial score (nSPS) is 10.6. The van der Waals surface area contributed by atoms with E-state index in [4.69, 9.17) is 4.74 Å². The highest BCUT2D eigenvalue weighted by molar-refractivity contribution is 7.11. The van der Waals surface area contributed by atoms with E-state index >= 15 is 0 Å². The first-order chi connectivity index (χ1) is 9.72. The van der Waals surface area contributed by atoms with Gasteiger partial charge in [0.05, 0.1) is 23.8 Å². The van der Waals surface area contributed by atoms with Gasteiger partial charge in [-0.05, 0) is 37.5 Å². The van der Waals surface area contributed by atoms with Crippen molar-refractivity contribution in [1.82, 2.24) is 4.98 Å². The first-order valence-electron chi connectivity index (χ1n) is 7.13. The number of benzene rings is 1. The molecule has 0 saturated heterocycles. The van der Waals surface area contributed by atoms with Gasteiger partial charge in [-0.1, -0.05) is 19.9 Å². The van der Waals surface area contributed by atoms with Crippen molar-refractivity contribution < 1.29 is 4.74 Å². The van der Waals surface area contributed by atoms with E-state index in [1.54, 1.807) is 11.3 Å². The number of thiazole rings is 1. The van der Waals surface area contributed by atoms with Crippen molar-refractivity contribution in [1.29, 1.82) is 0 Å². The number of ether oxygens (including phenoxy) is 1. The van der Waals surface area contributed by atoms with Crippen LogP contribution in [0.2, 0.25) is 0 Å². The lowest BCUT2D eigenvalue weighted by molar-refractivity contribution is 0.318. The molecule has 1 N–H and O–H groups in total. The Morgan fingerprint density at radius 1 is 1.30 bits per heavy atom. The number of hydrogen-bond donors (Lipinski definition) is 1. The topological polar surface area (TPSA) is 34.1 Å². The van der Waals surface area contributed by atoms with Gasteiger partial charge in [-0.2, -0.15) is 0 Å². The van der Waals surface area contributed by atoms with E-state index < -0.39 is 0 Å². The minimum atomic E-state index is 0.749. The van der Waals surface area contributed by atoms with Gasteiger partial charge in [-0.3, -0.25) is 0 Å². The summed E-state index contributed by atoms with van der Waals surface area (Å²) in [4.78, 5) is 5.63. The Balaban J connectivity index is 2.04. The zero-order valence-electron chi connectivity index (χ0n) is 12.4. The summed E-state index contributed by atoms with van der Waals surface area (Å²) in [5.74, 6) is 0.937. The van der Waals surface area contributed by atoms with Crippen molar-refractivity contribution in [3.63, 3.8) is 0 Å². The second-order valence-corrected chi connectivity index (χ2v) is 5.98. The Kier molecular flexibility index (Phi) is 5.41. The molecule has 108 valence electrons. The van der Waals surface area contributed by atoms with Gasteiger partial charge in [0.1, 0.15) is 5.75 Å². The van der Waals surface area contributed by atoms with Crippen LogP contribution in [0.15, 0.2) is 24.4 Å². The van der Waals surface area contributed by atoms with Crippen LogP contribution in [-0.4, -0.2) is 11.6 Å². The number of rotatable bonds is 7. The van der Waals surface area contributed by atoms with Crippen molar-refractivity contribution in [3.05, 3.63) is 39.8 Å². The molecule has 3 nitrogen and oxygen atoms in total. The number of anilines is 1. The van der Waals surface area contributed by atoms with Crippen LogP contribution in [-0.2, 0) is 13.0 Å². The Morgan fingerprint density at radius 2 is 2.15 bits per heavy atom. The molecule has 0 aliphatic carbocycles. The van der Waals surface area contributed by atoms with Crippen LogP contribution in [0.25, 0.3) is 0 Å². The molecule has 0 bridgehead atoms. The highest BCUT2D eigenvalue weighted by atomic mass is 32.1. The van der Waals surface area contributed by atoms with Crippen molar-refractivity contribution in [2.75, 3.05) is 11.9 Å². The van der Waals surface area contributed by atoms with Crippen molar-refractivity contribution in [3.8, 4) is 5.75 Å². The quantitative estimate of drug-likeness (QED) is 0.820. The molecule has 0 unspecified atom stereocenters. The predicted molar refractivity (Wildman–Crippen MR) is 85.8 cm³/mol. The fraction of sp³-hybridized carbons (Fsp3) is 0.438. The fourth-order valence-electron chi connectivity index (χ4n) is 1.88. The molecule has 0 aliphatic rings. The number of aryl methyl sites for hydroxylation is 2. The lowest BCUT2D eigenvalue weighted by Crippen LogP contribution is -2.03. The molecule has 0 saturated carbocycles. The van der Waals surface area contributed by atoms with Crippen LogP contribution in [0.3, 0.4) is 0 Å². The molecule has 2 aromatic rings. The summed E-state index contributed by atoms with van der Waals surface area (Å²) in [6, 6.07) is 6.27. The summed E-state index contributed by atoms with van der Waals surface area (Å²) < 4.78 is 5.81. The van der Waals surface area contributed by atoms with Gasteiger partial charge in [0.2, 0.25) is 0 Å². The van der Waals surface area contributed by atoms with Gasteiger partial charge < -0.3 is 10.1 Å². The van der Waals surface area contributed by atoms with E-state index in [1.165, 1.54) is 15.4 Å². The first kappa shape index (κ1) is 14.9. The second-order valence-electron chi connectivity index (χ2n) is 4.78. The molecule has 20 heavy (non-hydrogen) atoms. The SMILES string of the molecule is CCCOc1cc(C)ccc1NCc1cnc(CC)s1. The Morgan fingerprint density at radius 3 is 2.85 bits per heavy atom. The zero-order chi connectivity index (χ0) is 14.4. The molecule has 0 atom stereocenters. The summed E-state index contributed by atoms with van der Waals surface area (Å²) in [6.45, 7) is 7.88. The van der Waals surface area contributed by atoms with Crippen LogP contribution >= 0.6 is 11.3 Å². The monoisotopic (exact) mass is 290 g/mol. The smallest absolute Gasteiger partial charge is 0.142 e. The summed E-state index contributed by atoms with van der Waals surface area (Å²) >= 11 is 1.76. The van der Waals surface area contributed by atoms with E-state index in [-0.39, 0.29) is 0 Å². The Labute approximate surface area is 125 Å².